The molecule has 3 unspecified atom stereocenters. The van der Waals surface area contributed by atoms with Crippen molar-refractivity contribution >= 4 is 0 Å². The van der Waals surface area contributed by atoms with Crippen LogP contribution in [-0.2, 0) is 0 Å². The Morgan fingerprint density at radius 1 is 0.750 bits per heavy atom. The SMILES string of the molecule is OCCC(O)CC(O)C(O)CC(CO)CO. The average molecular weight is 238 g/mol. The summed E-state index contributed by atoms with van der Waals surface area (Å²) in [5.74, 6) is -0.473. The first-order valence-corrected chi connectivity index (χ1v) is 5.41. The maximum atomic E-state index is 9.52. The summed E-state index contributed by atoms with van der Waals surface area (Å²) in [7, 11) is 0. The first-order chi connectivity index (χ1) is 7.54. The van der Waals surface area contributed by atoms with E-state index in [9.17, 15) is 15.3 Å². The van der Waals surface area contributed by atoms with Crippen LogP contribution in [0.1, 0.15) is 19.3 Å². The summed E-state index contributed by atoms with van der Waals surface area (Å²) in [5.41, 5.74) is 0. The first-order valence-electron chi connectivity index (χ1n) is 5.41. The van der Waals surface area contributed by atoms with Crippen molar-refractivity contribution in [1.29, 1.82) is 0 Å². The maximum absolute atomic E-state index is 9.52. The molecule has 0 saturated heterocycles. The van der Waals surface area contributed by atoms with Gasteiger partial charge >= 0.3 is 0 Å². The summed E-state index contributed by atoms with van der Waals surface area (Å²) in [4.78, 5) is 0. The maximum Gasteiger partial charge on any atom is 0.0823 e. The Kier molecular flexibility index (Phi) is 8.73. The molecule has 6 nitrogen and oxygen atoms in total. The van der Waals surface area contributed by atoms with Crippen LogP contribution >= 0.6 is 0 Å². The van der Waals surface area contributed by atoms with Crippen molar-refractivity contribution in [2.24, 2.45) is 5.92 Å². The fourth-order valence-electron chi connectivity index (χ4n) is 1.41. The van der Waals surface area contributed by atoms with Crippen molar-refractivity contribution in [2.75, 3.05) is 19.8 Å². The molecular weight excluding hydrogens is 216 g/mol. The summed E-state index contributed by atoms with van der Waals surface area (Å²) in [6.07, 6.45) is -2.91. The largest absolute Gasteiger partial charge is 0.396 e. The van der Waals surface area contributed by atoms with Crippen LogP contribution in [0.15, 0.2) is 0 Å². The number of rotatable bonds is 9. The van der Waals surface area contributed by atoms with Crippen molar-refractivity contribution in [3.8, 4) is 0 Å². The van der Waals surface area contributed by atoms with Gasteiger partial charge in [0.15, 0.2) is 0 Å². The van der Waals surface area contributed by atoms with Crippen molar-refractivity contribution in [2.45, 2.75) is 37.6 Å². The minimum Gasteiger partial charge on any atom is -0.396 e. The van der Waals surface area contributed by atoms with E-state index in [4.69, 9.17) is 15.3 Å². The number of aliphatic hydroxyl groups excluding tert-OH is 6. The molecule has 0 heterocycles. The Labute approximate surface area is 94.8 Å². The molecule has 6 heteroatoms. The van der Waals surface area contributed by atoms with Gasteiger partial charge < -0.3 is 30.6 Å². The molecule has 0 aromatic rings. The summed E-state index contributed by atoms with van der Waals surface area (Å²) in [6.45, 7) is -0.709. The zero-order valence-corrected chi connectivity index (χ0v) is 9.24. The Bertz CT molecular complexity index is 161. The van der Waals surface area contributed by atoms with E-state index >= 15 is 0 Å². The zero-order valence-electron chi connectivity index (χ0n) is 9.24. The second-order valence-electron chi connectivity index (χ2n) is 4.00. The van der Waals surface area contributed by atoms with Crippen LogP contribution in [0.4, 0.5) is 0 Å². The van der Waals surface area contributed by atoms with Crippen molar-refractivity contribution in [3.63, 3.8) is 0 Å². The second kappa shape index (κ2) is 8.86. The van der Waals surface area contributed by atoms with Crippen LogP contribution in [0.5, 0.6) is 0 Å². The lowest BCUT2D eigenvalue weighted by Gasteiger charge is -2.23. The highest BCUT2D eigenvalue weighted by Crippen LogP contribution is 2.13. The van der Waals surface area contributed by atoms with E-state index in [1.165, 1.54) is 0 Å². The summed E-state index contributed by atoms with van der Waals surface area (Å²) in [5, 5.41) is 54.4. The van der Waals surface area contributed by atoms with Gasteiger partial charge in [-0.25, -0.2) is 0 Å². The van der Waals surface area contributed by atoms with Gasteiger partial charge in [0.25, 0.3) is 0 Å². The third-order valence-electron chi connectivity index (χ3n) is 2.51. The van der Waals surface area contributed by atoms with Crippen molar-refractivity contribution in [1.82, 2.24) is 0 Å². The van der Waals surface area contributed by atoms with E-state index in [1.807, 2.05) is 0 Å². The van der Waals surface area contributed by atoms with Gasteiger partial charge in [-0.3, -0.25) is 0 Å². The van der Waals surface area contributed by atoms with Crippen LogP contribution in [0.25, 0.3) is 0 Å². The normalized spacial score (nSPS) is 17.4. The van der Waals surface area contributed by atoms with E-state index < -0.39 is 24.2 Å². The second-order valence-corrected chi connectivity index (χ2v) is 4.00. The minimum atomic E-state index is -1.12. The standard InChI is InChI=1S/C10H22O6/c11-2-1-8(14)4-10(16)9(15)3-7(5-12)6-13/h7-16H,1-6H2. The molecule has 0 radical (unpaired) electrons. The van der Waals surface area contributed by atoms with Gasteiger partial charge in [0.2, 0.25) is 0 Å². The number of aliphatic hydroxyl groups is 6. The molecule has 98 valence electrons. The molecule has 0 bridgehead atoms. The van der Waals surface area contributed by atoms with Crippen molar-refractivity contribution < 1.29 is 30.6 Å². The highest BCUT2D eigenvalue weighted by Gasteiger charge is 2.22. The highest BCUT2D eigenvalue weighted by molar-refractivity contribution is 4.74. The Morgan fingerprint density at radius 3 is 1.69 bits per heavy atom. The molecule has 3 atom stereocenters. The van der Waals surface area contributed by atoms with E-state index in [1.54, 1.807) is 0 Å². The molecule has 0 aliphatic carbocycles. The third-order valence-corrected chi connectivity index (χ3v) is 2.51. The molecule has 0 fully saturated rings. The molecule has 0 aliphatic rings. The summed E-state index contributed by atoms with van der Waals surface area (Å²) in [6, 6.07) is 0. The molecule has 0 aliphatic heterocycles. The van der Waals surface area contributed by atoms with Crippen LogP contribution in [0.3, 0.4) is 0 Å². The van der Waals surface area contributed by atoms with Gasteiger partial charge in [-0.05, 0) is 12.8 Å². The Morgan fingerprint density at radius 2 is 1.25 bits per heavy atom. The van der Waals surface area contributed by atoms with Crippen molar-refractivity contribution in [3.05, 3.63) is 0 Å². The molecule has 0 aromatic carbocycles. The topological polar surface area (TPSA) is 121 Å². The minimum absolute atomic E-state index is 0.0364. The smallest absolute Gasteiger partial charge is 0.0823 e. The van der Waals surface area contributed by atoms with Gasteiger partial charge in [-0.15, -0.1) is 0 Å². The van der Waals surface area contributed by atoms with Crippen LogP contribution in [0.2, 0.25) is 0 Å². The molecule has 0 rings (SSSR count). The predicted molar refractivity (Wildman–Crippen MR) is 56.6 cm³/mol. The van der Waals surface area contributed by atoms with Gasteiger partial charge in [0.1, 0.15) is 0 Å². The molecule has 0 spiro atoms. The quantitative estimate of drug-likeness (QED) is 0.272. The molecule has 0 amide bonds. The van der Waals surface area contributed by atoms with E-state index in [0.29, 0.717) is 0 Å². The third kappa shape index (κ3) is 6.37. The first kappa shape index (κ1) is 15.8. The Hall–Kier alpha value is -0.240. The summed E-state index contributed by atoms with van der Waals surface area (Å²) < 4.78 is 0. The monoisotopic (exact) mass is 238 g/mol. The number of hydrogen-bond donors (Lipinski definition) is 6. The lowest BCUT2D eigenvalue weighted by atomic mass is 9.96. The van der Waals surface area contributed by atoms with E-state index in [0.717, 1.165) is 0 Å². The molecule has 16 heavy (non-hydrogen) atoms. The fourth-order valence-corrected chi connectivity index (χ4v) is 1.41. The molecule has 0 saturated carbocycles. The van der Waals surface area contributed by atoms with E-state index in [-0.39, 0.29) is 39.1 Å². The lowest BCUT2D eigenvalue weighted by Crippen LogP contribution is -2.33. The summed E-state index contributed by atoms with van der Waals surface area (Å²) >= 11 is 0. The van der Waals surface area contributed by atoms with Gasteiger partial charge in [-0.2, -0.15) is 0 Å². The molecular formula is C10H22O6. The van der Waals surface area contributed by atoms with Crippen LogP contribution in [-0.4, -0.2) is 68.8 Å². The van der Waals surface area contributed by atoms with Crippen LogP contribution < -0.4 is 0 Å². The molecule has 0 aromatic heterocycles. The lowest BCUT2D eigenvalue weighted by molar-refractivity contribution is -0.0334. The van der Waals surface area contributed by atoms with Gasteiger partial charge in [0.05, 0.1) is 18.3 Å². The average Bonchev–Trinajstić information content (AvgIpc) is 2.25. The number of hydrogen-bond acceptors (Lipinski definition) is 6. The van der Waals surface area contributed by atoms with Gasteiger partial charge in [-0.1, -0.05) is 0 Å². The predicted octanol–water partition coefficient (Wildman–Crippen LogP) is -2.17. The molecule has 6 N–H and O–H groups in total. The Balaban J connectivity index is 3.92. The highest BCUT2D eigenvalue weighted by atomic mass is 16.3. The van der Waals surface area contributed by atoms with E-state index in [2.05, 4.69) is 0 Å². The zero-order chi connectivity index (χ0) is 12.6. The van der Waals surface area contributed by atoms with Crippen LogP contribution in [0, 0.1) is 5.92 Å². The van der Waals surface area contributed by atoms with Gasteiger partial charge in [0, 0.05) is 32.2 Å². The fraction of sp³-hybridized carbons (Fsp3) is 1.00.